The van der Waals surface area contributed by atoms with Gasteiger partial charge in [-0.1, -0.05) is 13.0 Å². The van der Waals surface area contributed by atoms with Gasteiger partial charge in [-0.15, -0.1) is 0 Å². The van der Waals surface area contributed by atoms with Crippen LogP contribution in [0.4, 0.5) is 8.78 Å². The molecule has 0 bridgehead atoms. The molecule has 1 aromatic carbocycles. The van der Waals surface area contributed by atoms with Gasteiger partial charge in [0.15, 0.2) is 0 Å². The Bertz CT molecular complexity index is 583. The molecular weight excluding hydrogens is 310 g/mol. The van der Waals surface area contributed by atoms with Crippen LogP contribution in [0.2, 0.25) is 0 Å². The van der Waals surface area contributed by atoms with Crippen molar-refractivity contribution in [3.63, 3.8) is 0 Å². The first kappa shape index (κ1) is 17.3. The summed E-state index contributed by atoms with van der Waals surface area (Å²) < 4.78 is 27.0. The molecule has 1 N–H and O–H groups in total. The zero-order valence-electron chi connectivity index (χ0n) is 14.2. The second kappa shape index (κ2) is 7.60. The summed E-state index contributed by atoms with van der Waals surface area (Å²) in [7, 11) is 0. The van der Waals surface area contributed by atoms with E-state index in [0.29, 0.717) is 23.8 Å². The topological polar surface area (TPSA) is 32.3 Å². The lowest BCUT2D eigenvalue weighted by Gasteiger charge is -2.30. The maximum atomic E-state index is 13.9. The molecule has 3 rings (SSSR count). The quantitative estimate of drug-likeness (QED) is 0.862. The first-order valence-corrected chi connectivity index (χ1v) is 8.98. The van der Waals surface area contributed by atoms with E-state index in [1.807, 2.05) is 0 Å². The van der Waals surface area contributed by atoms with E-state index in [2.05, 4.69) is 12.2 Å². The van der Waals surface area contributed by atoms with Crippen LogP contribution in [0.1, 0.15) is 44.6 Å². The van der Waals surface area contributed by atoms with Gasteiger partial charge in [0.25, 0.3) is 0 Å². The van der Waals surface area contributed by atoms with Gasteiger partial charge in [0, 0.05) is 30.6 Å². The number of halogens is 2. The van der Waals surface area contributed by atoms with Gasteiger partial charge in [-0.05, 0) is 56.7 Å². The largest absolute Gasteiger partial charge is 0.335 e. The van der Waals surface area contributed by atoms with E-state index in [1.165, 1.54) is 12.1 Å². The van der Waals surface area contributed by atoms with Crippen LogP contribution < -0.4 is 5.32 Å². The fourth-order valence-electron chi connectivity index (χ4n) is 3.61. The first-order valence-electron chi connectivity index (χ1n) is 8.98. The number of hydrogen-bond donors (Lipinski definition) is 1. The standard InChI is InChI=1S/C19H26F2N2O/c1-13(14-6-8-22-9-7-14)10-19(24)23(17-4-5-17)12-15-2-3-16(20)11-18(15)21/h2-3,11,13-14,17,22H,4-10,12H2,1H3. The van der Waals surface area contributed by atoms with Gasteiger partial charge < -0.3 is 10.2 Å². The van der Waals surface area contributed by atoms with Crippen LogP contribution in [-0.4, -0.2) is 29.9 Å². The van der Waals surface area contributed by atoms with Crippen LogP contribution in [0.15, 0.2) is 18.2 Å². The van der Waals surface area contributed by atoms with Gasteiger partial charge in [-0.25, -0.2) is 8.78 Å². The summed E-state index contributed by atoms with van der Waals surface area (Å²) >= 11 is 0. The zero-order valence-corrected chi connectivity index (χ0v) is 14.2. The van der Waals surface area contributed by atoms with Crippen molar-refractivity contribution in [2.75, 3.05) is 13.1 Å². The molecule has 1 aliphatic heterocycles. The number of piperidine rings is 1. The number of hydrogen-bond acceptors (Lipinski definition) is 2. The lowest BCUT2D eigenvalue weighted by Crippen LogP contribution is -2.36. The molecule has 1 aliphatic carbocycles. The Morgan fingerprint density at radius 1 is 1.25 bits per heavy atom. The van der Waals surface area contributed by atoms with Gasteiger partial charge in [-0.2, -0.15) is 0 Å². The highest BCUT2D eigenvalue weighted by Gasteiger charge is 2.34. The molecule has 1 saturated heterocycles. The Hall–Kier alpha value is -1.49. The predicted octanol–water partition coefficient (Wildman–Crippen LogP) is 3.48. The molecule has 1 unspecified atom stereocenters. The molecule has 0 spiro atoms. The van der Waals surface area contributed by atoms with Gasteiger partial charge in [0.05, 0.1) is 0 Å². The summed E-state index contributed by atoms with van der Waals surface area (Å²) in [5, 5.41) is 3.35. The Labute approximate surface area is 142 Å². The van der Waals surface area contributed by atoms with Crippen molar-refractivity contribution in [3.05, 3.63) is 35.4 Å². The third-order valence-electron chi connectivity index (χ3n) is 5.35. The van der Waals surface area contributed by atoms with Crippen molar-refractivity contribution in [1.29, 1.82) is 0 Å². The fourth-order valence-corrected chi connectivity index (χ4v) is 3.61. The van der Waals surface area contributed by atoms with Gasteiger partial charge in [0.2, 0.25) is 5.91 Å². The second-order valence-corrected chi connectivity index (χ2v) is 7.26. The molecule has 2 aliphatic rings. The minimum atomic E-state index is -0.583. The van der Waals surface area contributed by atoms with E-state index in [-0.39, 0.29) is 18.5 Å². The van der Waals surface area contributed by atoms with Crippen molar-refractivity contribution >= 4 is 5.91 Å². The van der Waals surface area contributed by atoms with E-state index in [9.17, 15) is 13.6 Å². The second-order valence-electron chi connectivity index (χ2n) is 7.26. The van der Waals surface area contributed by atoms with E-state index in [0.717, 1.165) is 44.8 Å². The first-order chi connectivity index (χ1) is 11.5. The van der Waals surface area contributed by atoms with Crippen molar-refractivity contribution in [2.45, 2.75) is 51.6 Å². The van der Waals surface area contributed by atoms with Crippen LogP contribution >= 0.6 is 0 Å². The van der Waals surface area contributed by atoms with Gasteiger partial charge >= 0.3 is 0 Å². The molecule has 2 fully saturated rings. The highest BCUT2D eigenvalue weighted by molar-refractivity contribution is 5.77. The lowest BCUT2D eigenvalue weighted by molar-refractivity contribution is -0.133. The summed E-state index contributed by atoms with van der Waals surface area (Å²) in [6, 6.07) is 3.82. The predicted molar refractivity (Wildman–Crippen MR) is 89.3 cm³/mol. The molecule has 1 heterocycles. The highest BCUT2D eigenvalue weighted by atomic mass is 19.1. The zero-order chi connectivity index (χ0) is 17.1. The molecule has 132 valence electrons. The lowest BCUT2D eigenvalue weighted by atomic mass is 9.84. The summed E-state index contributed by atoms with van der Waals surface area (Å²) in [5.41, 5.74) is 0.395. The fraction of sp³-hybridized carbons (Fsp3) is 0.632. The van der Waals surface area contributed by atoms with E-state index in [4.69, 9.17) is 0 Å². The molecule has 24 heavy (non-hydrogen) atoms. The molecule has 5 heteroatoms. The molecular formula is C19H26F2N2O. The van der Waals surface area contributed by atoms with Crippen LogP contribution in [-0.2, 0) is 11.3 Å². The maximum Gasteiger partial charge on any atom is 0.223 e. The Kier molecular flexibility index (Phi) is 5.49. The number of amides is 1. The Morgan fingerprint density at radius 3 is 2.58 bits per heavy atom. The van der Waals surface area contributed by atoms with E-state index >= 15 is 0 Å². The molecule has 1 amide bonds. The number of rotatable bonds is 6. The maximum absolute atomic E-state index is 13.9. The average Bonchev–Trinajstić information content (AvgIpc) is 3.39. The van der Waals surface area contributed by atoms with Crippen LogP contribution in [0.5, 0.6) is 0 Å². The molecule has 1 saturated carbocycles. The third-order valence-corrected chi connectivity index (χ3v) is 5.35. The number of carbonyl (C=O) groups excluding carboxylic acids is 1. The summed E-state index contributed by atoms with van der Waals surface area (Å²) in [6.45, 7) is 4.44. The molecule has 1 atom stereocenters. The van der Waals surface area contributed by atoms with E-state index < -0.39 is 11.6 Å². The molecule has 1 aromatic rings. The Balaban J connectivity index is 1.63. The smallest absolute Gasteiger partial charge is 0.223 e. The third kappa shape index (κ3) is 4.32. The van der Waals surface area contributed by atoms with Gasteiger partial charge in [0.1, 0.15) is 11.6 Å². The molecule has 0 radical (unpaired) electrons. The monoisotopic (exact) mass is 336 g/mol. The van der Waals surface area contributed by atoms with Crippen molar-refractivity contribution in [1.82, 2.24) is 10.2 Å². The van der Waals surface area contributed by atoms with Crippen molar-refractivity contribution < 1.29 is 13.6 Å². The van der Waals surface area contributed by atoms with Gasteiger partial charge in [-0.3, -0.25) is 4.79 Å². The average molecular weight is 336 g/mol. The summed E-state index contributed by atoms with van der Waals surface area (Å²) in [6.07, 6.45) is 4.71. The SMILES string of the molecule is CC(CC(=O)N(Cc1ccc(F)cc1F)C1CC1)C1CCNCC1. The summed E-state index contributed by atoms with van der Waals surface area (Å²) in [4.78, 5) is 14.6. The van der Waals surface area contributed by atoms with Crippen molar-refractivity contribution in [3.8, 4) is 0 Å². The van der Waals surface area contributed by atoms with Crippen LogP contribution in [0.3, 0.4) is 0 Å². The number of nitrogens with one attached hydrogen (secondary N) is 1. The summed E-state index contributed by atoms with van der Waals surface area (Å²) in [5.74, 6) is -0.120. The number of nitrogens with zero attached hydrogens (tertiary/aromatic N) is 1. The van der Waals surface area contributed by atoms with Crippen molar-refractivity contribution in [2.24, 2.45) is 11.8 Å². The highest BCUT2D eigenvalue weighted by Crippen LogP contribution is 2.32. The number of carbonyl (C=O) groups is 1. The Morgan fingerprint density at radius 2 is 1.96 bits per heavy atom. The minimum Gasteiger partial charge on any atom is -0.335 e. The normalized spacial score (nSPS) is 20.0. The molecule has 3 nitrogen and oxygen atoms in total. The number of benzene rings is 1. The minimum absolute atomic E-state index is 0.104. The van der Waals surface area contributed by atoms with E-state index in [1.54, 1.807) is 4.90 Å². The van der Waals surface area contributed by atoms with Crippen LogP contribution in [0, 0.1) is 23.5 Å². The van der Waals surface area contributed by atoms with Crippen LogP contribution in [0.25, 0.3) is 0 Å². The molecule has 0 aromatic heterocycles.